The molecule has 0 saturated carbocycles. The maximum absolute atomic E-state index is 13.5. The van der Waals surface area contributed by atoms with Crippen molar-refractivity contribution >= 4 is 29.5 Å². The Morgan fingerprint density at radius 1 is 1.15 bits per heavy atom. The number of halogens is 3. The Morgan fingerprint density at radius 2 is 1.94 bits per heavy atom. The number of aromatic nitrogens is 2. The number of ether oxygens (including phenoxy) is 2. The first-order valence-corrected chi connectivity index (χ1v) is 9.29. The average Bonchev–Trinajstić information content (AvgIpc) is 2.79. The fourth-order valence-corrected chi connectivity index (χ4v) is 2.64. The Labute approximate surface area is 186 Å². The molecule has 33 heavy (non-hydrogen) atoms. The summed E-state index contributed by atoms with van der Waals surface area (Å²) in [5.74, 6) is -1.09. The molecule has 1 amide bonds. The maximum Gasteiger partial charge on any atom is 0.423 e. The minimum absolute atomic E-state index is 0.00922. The van der Waals surface area contributed by atoms with E-state index in [1.54, 1.807) is 6.07 Å². The van der Waals surface area contributed by atoms with Crippen molar-refractivity contribution in [3.05, 3.63) is 72.4 Å². The number of methoxy groups -OCH3 is 1. The molecule has 2 N–H and O–H groups in total. The summed E-state index contributed by atoms with van der Waals surface area (Å²) in [6.45, 7) is 3.33. The molecule has 0 unspecified atom stereocenters. The van der Waals surface area contributed by atoms with Crippen molar-refractivity contribution in [1.82, 2.24) is 9.97 Å². The van der Waals surface area contributed by atoms with Gasteiger partial charge in [0, 0.05) is 23.5 Å². The summed E-state index contributed by atoms with van der Waals surface area (Å²) in [6, 6.07) is 10.2. The van der Waals surface area contributed by atoms with Crippen LogP contribution in [0.4, 0.5) is 30.5 Å². The number of benzene rings is 2. The van der Waals surface area contributed by atoms with Gasteiger partial charge in [-0.1, -0.05) is 12.6 Å². The van der Waals surface area contributed by atoms with E-state index in [0.717, 1.165) is 6.08 Å². The standard InChI is InChI=1S/C22H17F3N4O4/c1-3-19(31)27-14-5-4-6-16(10-14)33-20-17(22(23,24)25)11-26-21(29-20)28-18-8-7-15(32-2)9-13(18)12-30/h3-12H,1H2,2H3,(H,27,31)(H,26,28,29). The summed E-state index contributed by atoms with van der Waals surface area (Å²) in [5, 5.41) is 5.18. The van der Waals surface area contributed by atoms with E-state index < -0.39 is 23.5 Å². The smallest absolute Gasteiger partial charge is 0.423 e. The third-order valence-corrected chi connectivity index (χ3v) is 4.19. The molecule has 0 aliphatic carbocycles. The molecule has 0 atom stereocenters. The molecule has 11 heteroatoms. The van der Waals surface area contributed by atoms with Gasteiger partial charge in [0.1, 0.15) is 17.1 Å². The van der Waals surface area contributed by atoms with Crippen molar-refractivity contribution in [2.45, 2.75) is 6.18 Å². The van der Waals surface area contributed by atoms with Gasteiger partial charge in [0.15, 0.2) is 6.29 Å². The van der Waals surface area contributed by atoms with E-state index >= 15 is 0 Å². The summed E-state index contributed by atoms with van der Waals surface area (Å²) in [4.78, 5) is 30.4. The summed E-state index contributed by atoms with van der Waals surface area (Å²) in [7, 11) is 1.43. The molecule has 0 radical (unpaired) electrons. The van der Waals surface area contributed by atoms with Crippen molar-refractivity contribution in [2.24, 2.45) is 0 Å². The largest absolute Gasteiger partial charge is 0.497 e. The molecule has 0 saturated heterocycles. The first-order valence-electron chi connectivity index (χ1n) is 9.29. The average molecular weight is 458 g/mol. The zero-order valence-electron chi connectivity index (χ0n) is 17.1. The van der Waals surface area contributed by atoms with Gasteiger partial charge in [0.2, 0.25) is 17.7 Å². The quantitative estimate of drug-likeness (QED) is 0.363. The number of alkyl halides is 3. The highest BCUT2D eigenvalue weighted by atomic mass is 19.4. The molecule has 1 heterocycles. The molecule has 0 bridgehead atoms. The monoisotopic (exact) mass is 458 g/mol. The van der Waals surface area contributed by atoms with Crippen LogP contribution in [0.25, 0.3) is 0 Å². The number of carbonyl (C=O) groups excluding carboxylic acids is 2. The Balaban J connectivity index is 1.95. The van der Waals surface area contributed by atoms with Crippen LogP contribution in [0.3, 0.4) is 0 Å². The van der Waals surface area contributed by atoms with Gasteiger partial charge in [0.05, 0.1) is 12.8 Å². The van der Waals surface area contributed by atoms with E-state index in [-0.39, 0.29) is 28.6 Å². The molecule has 3 aromatic rings. The van der Waals surface area contributed by atoms with Crippen molar-refractivity contribution in [3.8, 4) is 17.4 Å². The van der Waals surface area contributed by atoms with Crippen molar-refractivity contribution < 1.29 is 32.2 Å². The molecule has 3 rings (SSSR count). The van der Waals surface area contributed by atoms with Crippen LogP contribution in [0.15, 0.2) is 61.3 Å². The Hall–Kier alpha value is -4.41. The van der Waals surface area contributed by atoms with Crippen LogP contribution in [-0.4, -0.2) is 29.3 Å². The maximum atomic E-state index is 13.5. The second kappa shape index (κ2) is 9.81. The number of aldehydes is 1. The van der Waals surface area contributed by atoms with Crippen LogP contribution in [-0.2, 0) is 11.0 Å². The summed E-state index contributed by atoms with van der Waals surface area (Å²) < 4.78 is 50.9. The fraction of sp³-hybridized carbons (Fsp3) is 0.0909. The van der Waals surface area contributed by atoms with Crippen LogP contribution < -0.4 is 20.1 Å². The van der Waals surface area contributed by atoms with E-state index in [1.165, 1.54) is 43.5 Å². The third kappa shape index (κ3) is 5.85. The predicted octanol–water partition coefficient (Wildman–Crippen LogP) is 4.98. The lowest BCUT2D eigenvalue weighted by Crippen LogP contribution is -2.11. The molecule has 170 valence electrons. The summed E-state index contributed by atoms with van der Waals surface area (Å²) >= 11 is 0. The molecule has 0 fully saturated rings. The predicted molar refractivity (Wildman–Crippen MR) is 114 cm³/mol. The first-order chi connectivity index (χ1) is 15.7. The minimum atomic E-state index is -4.80. The topological polar surface area (TPSA) is 102 Å². The molecule has 0 aliphatic rings. The van der Waals surface area contributed by atoms with Crippen molar-refractivity contribution in [3.63, 3.8) is 0 Å². The highest BCUT2D eigenvalue weighted by molar-refractivity contribution is 5.98. The number of amides is 1. The van der Waals surface area contributed by atoms with Gasteiger partial charge < -0.3 is 20.1 Å². The van der Waals surface area contributed by atoms with E-state index in [2.05, 4.69) is 27.2 Å². The summed E-state index contributed by atoms with van der Waals surface area (Å²) in [5.41, 5.74) is -0.484. The molecule has 2 aromatic carbocycles. The minimum Gasteiger partial charge on any atom is -0.497 e. The van der Waals surface area contributed by atoms with Gasteiger partial charge in [-0.2, -0.15) is 18.2 Å². The SMILES string of the molecule is C=CC(=O)Nc1cccc(Oc2nc(Nc3ccc(OC)cc3C=O)ncc2C(F)(F)F)c1. The number of nitrogens with one attached hydrogen (secondary N) is 2. The highest BCUT2D eigenvalue weighted by Gasteiger charge is 2.36. The molecule has 0 aliphatic heterocycles. The molecule has 1 aromatic heterocycles. The van der Waals surface area contributed by atoms with Crippen LogP contribution >= 0.6 is 0 Å². The van der Waals surface area contributed by atoms with Gasteiger partial charge >= 0.3 is 6.18 Å². The van der Waals surface area contributed by atoms with Gasteiger partial charge in [-0.05, 0) is 36.4 Å². The van der Waals surface area contributed by atoms with E-state index in [0.29, 0.717) is 18.2 Å². The zero-order chi connectivity index (χ0) is 24.0. The number of anilines is 3. The van der Waals surface area contributed by atoms with E-state index in [4.69, 9.17) is 9.47 Å². The van der Waals surface area contributed by atoms with Gasteiger partial charge in [0.25, 0.3) is 0 Å². The zero-order valence-corrected chi connectivity index (χ0v) is 17.1. The number of hydrogen-bond acceptors (Lipinski definition) is 7. The Kier molecular flexibility index (Phi) is 6.91. The third-order valence-electron chi connectivity index (χ3n) is 4.19. The fourth-order valence-electron chi connectivity index (χ4n) is 2.64. The number of hydrogen-bond donors (Lipinski definition) is 2. The highest BCUT2D eigenvalue weighted by Crippen LogP contribution is 2.37. The number of nitrogens with zero attached hydrogens (tertiary/aromatic N) is 2. The van der Waals surface area contributed by atoms with E-state index in [1.807, 2.05) is 0 Å². The normalized spacial score (nSPS) is 10.8. The molecule has 8 nitrogen and oxygen atoms in total. The lowest BCUT2D eigenvalue weighted by Gasteiger charge is -2.15. The van der Waals surface area contributed by atoms with Gasteiger partial charge in [-0.15, -0.1) is 0 Å². The lowest BCUT2D eigenvalue weighted by atomic mass is 10.2. The lowest BCUT2D eigenvalue weighted by molar-refractivity contribution is -0.139. The van der Waals surface area contributed by atoms with Crippen molar-refractivity contribution in [1.29, 1.82) is 0 Å². The van der Waals surface area contributed by atoms with Crippen LogP contribution in [0.5, 0.6) is 17.4 Å². The second-order valence-corrected chi connectivity index (χ2v) is 6.43. The second-order valence-electron chi connectivity index (χ2n) is 6.43. The van der Waals surface area contributed by atoms with E-state index in [9.17, 15) is 22.8 Å². The van der Waals surface area contributed by atoms with Crippen LogP contribution in [0, 0.1) is 0 Å². The van der Waals surface area contributed by atoms with Crippen LogP contribution in [0.2, 0.25) is 0 Å². The molecular formula is C22H17F3N4O4. The summed E-state index contributed by atoms with van der Waals surface area (Å²) in [6.07, 6.45) is -2.63. The van der Waals surface area contributed by atoms with Gasteiger partial charge in [-0.25, -0.2) is 4.98 Å². The Bertz CT molecular complexity index is 1200. The molecular weight excluding hydrogens is 441 g/mol. The van der Waals surface area contributed by atoms with Gasteiger partial charge in [-0.3, -0.25) is 9.59 Å². The first kappa shape index (κ1) is 23.3. The number of carbonyl (C=O) groups is 2. The van der Waals surface area contributed by atoms with Crippen LogP contribution in [0.1, 0.15) is 15.9 Å². The van der Waals surface area contributed by atoms with Crippen molar-refractivity contribution in [2.75, 3.05) is 17.7 Å². The number of rotatable bonds is 8. The Morgan fingerprint density at radius 3 is 2.61 bits per heavy atom. The molecule has 0 spiro atoms.